The lowest BCUT2D eigenvalue weighted by Gasteiger charge is -2.05. The van der Waals surface area contributed by atoms with E-state index < -0.39 is 0 Å². The first-order chi connectivity index (χ1) is 16.9. The average molecular weight is 489 g/mol. The molecule has 0 radical (unpaired) electrons. The molecule has 0 fully saturated rings. The van der Waals surface area contributed by atoms with Crippen molar-refractivity contribution in [2.45, 2.75) is 104 Å². The molecule has 1 aromatic rings. The monoisotopic (exact) mass is 488 g/mol. The molecule has 0 aliphatic rings. The molecule has 0 amide bonds. The highest BCUT2D eigenvalue weighted by Crippen LogP contribution is 2.18. The standard InChI is InChI=1S/C28H44N2O5/c1-5-6-11-16-25(32)19-20-27-26(17-12-7-8-13-18-28(33)34-4)23(2)30(29-27)21-14-9-10-15-22-35-24(3)31/h7,12,19-20H,5-6,8-11,13-18,21-22H2,1-4H3. The van der Waals surface area contributed by atoms with Gasteiger partial charge in [-0.3, -0.25) is 19.1 Å². The molecule has 1 heterocycles. The van der Waals surface area contributed by atoms with Crippen LogP contribution in [-0.4, -0.2) is 41.2 Å². The van der Waals surface area contributed by atoms with Gasteiger partial charge >= 0.3 is 11.9 Å². The van der Waals surface area contributed by atoms with E-state index in [2.05, 4.69) is 30.7 Å². The fourth-order valence-corrected chi connectivity index (χ4v) is 3.73. The van der Waals surface area contributed by atoms with Crippen LogP contribution in [0.25, 0.3) is 6.08 Å². The van der Waals surface area contributed by atoms with Crippen molar-refractivity contribution in [3.05, 3.63) is 35.2 Å². The maximum absolute atomic E-state index is 12.2. The van der Waals surface area contributed by atoms with Gasteiger partial charge in [-0.2, -0.15) is 5.10 Å². The zero-order chi connectivity index (χ0) is 25.9. The molecule has 0 saturated carbocycles. The van der Waals surface area contributed by atoms with Crippen LogP contribution in [0.15, 0.2) is 18.2 Å². The summed E-state index contributed by atoms with van der Waals surface area (Å²) >= 11 is 0. The predicted octanol–water partition coefficient (Wildman–Crippen LogP) is 5.92. The smallest absolute Gasteiger partial charge is 0.305 e. The number of methoxy groups -OCH3 is 1. The molecule has 0 aromatic carbocycles. The lowest BCUT2D eigenvalue weighted by Crippen LogP contribution is -2.04. The summed E-state index contributed by atoms with van der Waals surface area (Å²) in [4.78, 5) is 34.3. The number of hydrogen-bond acceptors (Lipinski definition) is 6. The van der Waals surface area contributed by atoms with Crippen molar-refractivity contribution in [1.82, 2.24) is 9.78 Å². The van der Waals surface area contributed by atoms with E-state index in [0.717, 1.165) is 87.7 Å². The van der Waals surface area contributed by atoms with Gasteiger partial charge in [0.05, 0.1) is 19.4 Å². The summed E-state index contributed by atoms with van der Waals surface area (Å²) < 4.78 is 11.7. The number of esters is 2. The third kappa shape index (κ3) is 13.7. The van der Waals surface area contributed by atoms with Crippen LogP contribution in [0.3, 0.4) is 0 Å². The molecule has 35 heavy (non-hydrogen) atoms. The number of carbonyl (C=O) groups excluding carboxylic acids is 3. The van der Waals surface area contributed by atoms with Crippen molar-refractivity contribution in [1.29, 1.82) is 0 Å². The Morgan fingerprint density at radius 1 is 0.971 bits per heavy atom. The Morgan fingerprint density at radius 2 is 1.74 bits per heavy atom. The Labute approximate surface area is 210 Å². The van der Waals surface area contributed by atoms with Gasteiger partial charge in [0, 0.05) is 37.6 Å². The van der Waals surface area contributed by atoms with E-state index in [1.165, 1.54) is 14.0 Å². The Morgan fingerprint density at radius 3 is 2.46 bits per heavy atom. The largest absolute Gasteiger partial charge is 0.469 e. The van der Waals surface area contributed by atoms with Gasteiger partial charge in [-0.05, 0) is 64.0 Å². The molecule has 0 atom stereocenters. The van der Waals surface area contributed by atoms with Gasteiger partial charge < -0.3 is 9.47 Å². The Kier molecular flexibility index (Phi) is 16.1. The van der Waals surface area contributed by atoms with Gasteiger partial charge in [-0.1, -0.05) is 38.3 Å². The van der Waals surface area contributed by atoms with Crippen LogP contribution in [-0.2, 0) is 36.8 Å². The van der Waals surface area contributed by atoms with Crippen molar-refractivity contribution in [3.8, 4) is 0 Å². The minimum absolute atomic E-state index is 0.141. The van der Waals surface area contributed by atoms with E-state index in [1.54, 1.807) is 6.08 Å². The van der Waals surface area contributed by atoms with Gasteiger partial charge in [0.1, 0.15) is 0 Å². The number of carbonyl (C=O) groups is 3. The predicted molar refractivity (Wildman–Crippen MR) is 139 cm³/mol. The second-order valence-electron chi connectivity index (χ2n) is 8.83. The first-order valence-electron chi connectivity index (χ1n) is 13.0. The van der Waals surface area contributed by atoms with E-state index >= 15 is 0 Å². The molecule has 7 nitrogen and oxygen atoms in total. The number of ketones is 1. The molecule has 1 rings (SSSR count). The molecule has 1 aromatic heterocycles. The molecule has 0 N–H and O–H groups in total. The fraction of sp³-hybridized carbons (Fsp3) is 0.643. The molecule has 0 aliphatic heterocycles. The highest BCUT2D eigenvalue weighted by molar-refractivity contribution is 5.93. The molecule has 0 bridgehead atoms. The first-order valence-corrected chi connectivity index (χ1v) is 13.0. The van der Waals surface area contributed by atoms with Crippen LogP contribution < -0.4 is 0 Å². The zero-order valence-electron chi connectivity index (χ0n) is 22.1. The minimum atomic E-state index is -0.230. The SMILES string of the molecule is CCCCCC(=O)C=Cc1nn(CCCCCCOC(C)=O)c(C)c1CC=CCCCC(=O)OC. The molecule has 0 spiro atoms. The second kappa shape index (κ2) is 18.6. The molecule has 0 unspecified atom stereocenters. The summed E-state index contributed by atoms with van der Waals surface area (Å²) in [5.41, 5.74) is 3.09. The molecule has 0 saturated heterocycles. The maximum atomic E-state index is 12.2. The fourth-order valence-electron chi connectivity index (χ4n) is 3.73. The molecule has 7 heteroatoms. The number of nitrogens with zero attached hydrogens (tertiary/aromatic N) is 2. The Hall–Kier alpha value is -2.70. The normalized spacial score (nSPS) is 11.4. The van der Waals surface area contributed by atoms with Crippen LogP contribution in [0.1, 0.15) is 101 Å². The molecule has 0 aliphatic carbocycles. The van der Waals surface area contributed by atoms with Crippen LogP contribution in [0, 0.1) is 6.92 Å². The minimum Gasteiger partial charge on any atom is -0.469 e. The van der Waals surface area contributed by atoms with Gasteiger partial charge in [-0.15, -0.1) is 0 Å². The first kappa shape index (κ1) is 30.3. The van der Waals surface area contributed by atoms with Crippen molar-refractivity contribution < 1.29 is 23.9 Å². The third-order valence-corrected chi connectivity index (χ3v) is 5.85. The van der Waals surface area contributed by atoms with Crippen molar-refractivity contribution in [3.63, 3.8) is 0 Å². The number of allylic oxidation sites excluding steroid dienone is 3. The maximum Gasteiger partial charge on any atom is 0.305 e. The number of hydrogen-bond donors (Lipinski definition) is 0. The summed E-state index contributed by atoms with van der Waals surface area (Å²) in [6.45, 7) is 6.93. The topological polar surface area (TPSA) is 87.5 Å². The molecular weight excluding hydrogens is 444 g/mol. The molecular formula is C28H44N2O5. The van der Waals surface area contributed by atoms with E-state index in [0.29, 0.717) is 19.4 Å². The van der Waals surface area contributed by atoms with Gasteiger partial charge in [0.2, 0.25) is 0 Å². The van der Waals surface area contributed by atoms with Crippen molar-refractivity contribution in [2.75, 3.05) is 13.7 Å². The van der Waals surface area contributed by atoms with E-state index in [-0.39, 0.29) is 17.7 Å². The number of rotatable bonds is 19. The van der Waals surface area contributed by atoms with Crippen LogP contribution >= 0.6 is 0 Å². The van der Waals surface area contributed by atoms with Crippen LogP contribution in [0.4, 0.5) is 0 Å². The third-order valence-electron chi connectivity index (χ3n) is 5.85. The van der Waals surface area contributed by atoms with E-state index in [4.69, 9.17) is 9.84 Å². The van der Waals surface area contributed by atoms with Gasteiger partial charge in [0.15, 0.2) is 5.78 Å². The highest BCUT2D eigenvalue weighted by atomic mass is 16.5. The summed E-state index contributed by atoms with van der Waals surface area (Å²) in [5.74, 6) is -0.271. The van der Waals surface area contributed by atoms with Crippen LogP contribution in [0.2, 0.25) is 0 Å². The summed E-state index contributed by atoms with van der Waals surface area (Å²) in [6.07, 6.45) is 18.0. The van der Waals surface area contributed by atoms with Crippen LogP contribution in [0.5, 0.6) is 0 Å². The average Bonchev–Trinajstić information content (AvgIpc) is 3.13. The van der Waals surface area contributed by atoms with E-state index in [9.17, 15) is 14.4 Å². The Balaban J connectivity index is 2.73. The summed E-state index contributed by atoms with van der Waals surface area (Å²) in [6, 6.07) is 0. The van der Waals surface area contributed by atoms with Gasteiger partial charge in [0.25, 0.3) is 0 Å². The lowest BCUT2D eigenvalue weighted by molar-refractivity contribution is -0.141. The van der Waals surface area contributed by atoms with Gasteiger partial charge in [-0.25, -0.2) is 0 Å². The lowest BCUT2D eigenvalue weighted by atomic mass is 10.1. The highest BCUT2D eigenvalue weighted by Gasteiger charge is 2.12. The zero-order valence-corrected chi connectivity index (χ0v) is 22.1. The van der Waals surface area contributed by atoms with Crippen molar-refractivity contribution in [2.24, 2.45) is 0 Å². The summed E-state index contributed by atoms with van der Waals surface area (Å²) in [7, 11) is 1.41. The second-order valence-corrected chi connectivity index (χ2v) is 8.83. The Bertz CT molecular complexity index is 839. The number of ether oxygens (including phenoxy) is 2. The van der Waals surface area contributed by atoms with Crippen molar-refractivity contribution >= 4 is 23.8 Å². The number of unbranched alkanes of at least 4 members (excludes halogenated alkanes) is 6. The molecule has 196 valence electrons. The quantitative estimate of drug-likeness (QED) is 0.104. The summed E-state index contributed by atoms with van der Waals surface area (Å²) in [5, 5.41) is 4.80. The number of aryl methyl sites for hydroxylation is 1. The number of aromatic nitrogens is 2. The van der Waals surface area contributed by atoms with E-state index in [1.807, 2.05) is 10.8 Å².